The Morgan fingerprint density at radius 1 is 0.857 bits per heavy atom. The van der Waals surface area contributed by atoms with Crippen LogP contribution in [0.1, 0.15) is 37.4 Å². The van der Waals surface area contributed by atoms with Gasteiger partial charge in [0.15, 0.2) is 0 Å². The van der Waals surface area contributed by atoms with Crippen molar-refractivity contribution in [3.63, 3.8) is 0 Å². The van der Waals surface area contributed by atoms with Crippen LogP contribution < -0.4 is 10.6 Å². The van der Waals surface area contributed by atoms with Gasteiger partial charge in [-0.1, -0.05) is 71.7 Å². The second-order valence-electron chi connectivity index (χ2n) is 10.3. The molecule has 0 bridgehead atoms. The number of nitrogens with zero attached hydrogens (tertiary/aromatic N) is 2. The highest BCUT2D eigenvalue weighted by atomic mass is 35.5. The van der Waals surface area contributed by atoms with Gasteiger partial charge in [0, 0.05) is 36.9 Å². The van der Waals surface area contributed by atoms with E-state index < -0.39 is 0 Å². The summed E-state index contributed by atoms with van der Waals surface area (Å²) in [6.07, 6.45) is 3.37. The molecule has 6 nitrogen and oxygen atoms in total. The molecule has 0 unspecified atom stereocenters. The molecule has 8 heteroatoms. The normalized spacial score (nSPS) is 13.0. The van der Waals surface area contributed by atoms with E-state index in [9.17, 15) is 9.59 Å². The van der Waals surface area contributed by atoms with Gasteiger partial charge in [-0.05, 0) is 72.0 Å². The highest BCUT2D eigenvalue weighted by Gasteiger charge is 2.20. The molecule has 5 aromatic rings. The van der Waals surface area contributed by atoms with Gasteiger partial charge in [0.1, 0.15) is 0 Å². The predicted molar refractivity (Wildman–Crippen MR) is 170 cm³/mol. The number of anilines is 2. The van der Waals surface area contributed by atoms with Gasteiger partial charge in [-0.3, -0.25) is 19.5 Å². The minimum Gasteiger partial charge on any atom is -0.322 e. The van der Waals surface area contributed by atoms with Crippen molar-refractivity contribution in [1.82, 2.24) is 9.88 Å². The van der Waals surface area contributed by atoms with Gasteiger partial charge >= 0.3 is 0 Å². The van der Waals surface area contributed by atoms with Crippen LogP contribution in [0.15, 0.2) is 97.2 Å². The topological polar surface area (TPSA) is 74.3 Å². The van der Waals surface area contributed by atoms with E-state index in [2.05, 4.69) is 26.6 Å². The molecule has 0 atom stereocenters. The first-order valence-electron chi connectivity index (χ1n) is 13.8. The van der Waals surface area contributed by atoms with Crippen LogP contribution in [-0.4, -0.2) is 34.8 Å². The number of carbonyl (C=O) groups excluding carboxylic acids is 2. The van der Waals surface area contributed by atoms with E-state index in [0.717, 1.165) is 48.9 Å². The molecule has 210 valence electrons. The summed E-state index contributed by atoms with van der Waals surface area (Å²) in [6, 6.07) is 28.1. The highest BCUT2D eigenvalue weighted by molar-refractivity contribution is 6.42. The van der Waals surface area contributed by atoms with Gasteiger partial charge in [-0.2, -0.15) is 0 Å². The van der Waals surface area contributed by atoms with Crippen molar-refractivity contribution in [1.29, 1.82) is 0 Å². The Morgan fingerprint density at radius 2 is 1.64 bits per heavy atom. The molecule has 1 aliphatic heterocycles. The molecule has 1 aliphatic rings. The lowest BCUT2D eigenvalue weighted by atomic mass is 9.99. The Kier molecular flexibility index (Phi) is 8.20. The van der Waals surface area contributed by atoms with Gasteiger partial charge in [-0.15, -0.1) is 0 Å². The molecule has 1 aromatic heterocycles. The van der Waals surface area contributed by atoms with Crippen molar-refractivity contribution in [3.8, 4) is 0 Å². The van der Waals surface area contributed by atoms with Crippen LogP contribution in [0.25, 0.3) is 10.9 Å². The molecular formula is C34H28Cl2N4O2. The Hall–Kier alpha value is -4.23. The number of rotatable bonds is 7. The Labute approximate surface area is 254 Å². The van der Waals surface area contributed by atoms with E-state index in [4.69, 9.17) is 23.2 Å². The predicted octanol–water partition coefficient (Wildman–Crippen LogP) is 7.65. The maximum absolute atomic E-state index is 13.2. The average molecular weight is 596 g/mol. The van der Waals surface area contributed by atoms with Crippen molar-refractivity contribution in [2.75, 3.05) is 23.7 Å². The van der Waals surface area contributed by atoms with E-state index >= 15 is 0 Å². The number of hydrogen-bond acceptors (Lipinski definition) is 4. The fourth-order valence-corrected chi connectivity index (χ4v) is 5.65. The first kappa shape index (κ1) is 27.9. The summed E-state index contributed by atoms with van der Waals surface area (Å²) in [5.74, 6) is -0.641. The second-order valence-corrected chi connectivity index (χ2v) is 11.1. The summed E-state index contributed by atoms with van der Waals surface area (Å²) in [5, 5.41) is 7.95. The fourth-order valence-electron chi connectivity index (χ4n) is 5.23. The number of pyridine rings is 1. The molecule has 0 radical (unpaired) electrons. The van der Waals surface area contributed by atoms with Crippen LogP contribution in [-0.2, 0) is 19.4 Å². The molecule has 0 spiro atoms. The van der Waals surface area contributed by atoms with Crippen LogP contribution in [0.2, 0.25) is 10.0 Å². The van der Waals surface area contributed by atoms with E-state index in [-0.39, 0.29) is 11.8 Å². The van der Waals surface area contributed by atoms with Gasteiger partial charge in [-0.25, -0.2) is 0 Å². The smallest absolute Gasteiger partial charge is 0.257 e. The maximum atomic E-state index is 13.2. The largest absolute Gasteiger partial charge is 0.322 e. The van der Waals surface area contributed by atoms with Crippen molar-refractivity contribution in [2.45, 2.75) is 19.4 Å². The molecule has 42 heavy (non-hydrogen) atoms. The lowest BCUT2D eigenvalue weighted by molar-refractivity contribution is 0.102. The zero-order valence-corrected chi connectivity index (χ0v) is 24.3. The number of aromatic nitrogens is 1. The molecule has 2 N–H and O–H groups in total. The minimum atomic E-state index is -0.333. The van der Waals surface area contributed by atoms with Crippen LogP contribution in [0.4, 0.5) is 11.4 Å². The zero-order chi connectivity index (χ0) is 29.1. The van der Waals surface area contributed by atoms with E-state index in [1.807, 2.05) is 54.6 Å². The number of para-hydroxylation sites is 2. The summed E-state index contributed by atoms with van der Waals surface area (Å²) in [6.45, 7) is 2.66. The summed E-state index contributed by atoms with van der Waals surface area (Å²) in [7, 11) is 0. The standard InChI is InChI=1S/C34H28Cl2N4O2/c35-29-14-11-23-16-18-40(21-28(23)32(29)36)17-15-22-9-12-26(13-10-22)38-34(42)27-6-2-4-8-31(27)39-33(41)25-19-24-5-1-3-7-30(24)37-20-25/h1-14,19-20H,15-18,21H2,(H,38,42)(H,39,41). The van der Waals surface area contributed by atoms with Crippen LogP contribution >= 0.6 is 23.2 Å². The highest BCUT2D eigenvalue weighted by Crippen LogP contribution is 2.32. The third kappa shape index (κ3) is 6.16. The summed E-state index contributed by atoms with van der Waals surface area (Å²) in [4.78, 5) is 32.9. The first-order chi connectivity index (χ1) is 20.4. The Balaban J connectivity index is 1.07. The lowest BCUT2D eigenvalue weighted by Crippen LogP contribution is -2.32. The average Bonchev–Trinajstić information content (AvgIpc) is 3.02. The Morgan fingerprint density at radius 3 is 2.50 bits per heavy atom. The van der Waals surface area contributed by atoms with Crippen molar-refractivity contribution < 1.29 is 9.59 Å². The van der Waals surface area contributed by atoms with Crippen molar-refractivity contribution >= 4 is 57.3 Å². The van der Waals surface area contributed by atoms with Gasteiger partial charge in [0.05, 0.1) is 32.4 Å². The summed E-state index contributed by atoms with van der Waals surface area (Å²) >= 11 is 12.7. The number of amides is 2. The molecule has 6 rings (SSSR count). The molecule has 2 heterocycles. The van der Waals surface area contributed by atoms with Gasteiger partial charge in [0.2, 0.25) is 0 Å². The van der Waals surface area contributed by atoms with Crippen LogP contribution in [0.3, 0.4) is 0 Å². The Bertz CT molecular complexity index is 1790. The number of hydrogen-bond donors (Lipinski definition) is 2. The summed E-state index contributed by atoms with van der Waals surface area (Å²) < 4.78 is 0. The summed E-state index contributed by atoms with van der Waals surface area (Å²) in [5.41, 5.74) is 6.27. The molecular weight excluding hydrogens is 567 g/mol. The SMILES string of the molecule is O=C(Nc1ccccc1C(=O)Nc1ccc(CCN2CCc3ccc(Cl)c(Cl)c3C2)cc1)c1cnc2ccccc2c1. The van der Waals surface area contributed by atoms with Crippen molar-refractivity contribution in [3.05, 3.63) is 135 Å². The number of fused-ring (bicyclic) bond motifs is 2. The number of halogens is 2. The van der Waals surface area contributed by atoms with E-state index in [0.29, 0.717) is 32.5 Å². The molecule has 0 aliphatic carbocycles. The molecule has 4 aromatic carbocycles. The third-order valence-corrected chi connectivity index (χ3v) is 8.42. The molecule has 0 saturated carbocycles. The third-order valence-electron chi connectivity index (χ3n) is 7.57. The minimum absolute atomic E-state index is 0.308. The molecule has 0 saturated heterocycles. The second kappa shape index (κ2) is 12.3. The quantitative estimate of drug-likeness (QED) is 0.203. The molecule has 0 fully saturated rings. The van der Waals surface area contributed by atoms with Crippen LogP contribution in [0.5, 0.6) is 0 Å². The first-order valence-corrected chi connectivity index (χ1v) is 14.5. The van der Waals surface area contributed by atoms with Crippen molar-refractivity contribution in [2.24, 2.45) is 0 Å². The monoisotopic (exact) mass is 594 g/mol. The lowest BCUT2D eigenvalue weighted by Gasteiger charge is -2.29. The van der Waals surface area contributed by atoms with E-state index in [1.54, 1.807) is 30.3 Å². The zero-order valence-electron chi connectivity index (χ0n) is 22.7. The molecule has 2 amide bonds. The fraction of sp³-hybridized carbons (Fsp3) is 0.147. The van der Waals surface area contributed by atoms with Gasteiger partial charge < -0.3 is 10.6 Å². The van der Waals surface area contributed by atoms with Crippen LogP contribution in [0, 0.1) is 0 Å². The van der Waals surface area contributed by atoms with Gasteiger partial charge in [0.25, 0.3) is 11.8 Å². The number of benzene rings is 4. The maximum Gasteiger partial charge on any atom is 0.257 e. The van der Waals surface area contributed by atoms with E-state index in [1.165, 1.54) is 17.3 Å². The number of nitrogens with one attached hydrogen (secondary N) is 2. The number of carbonyl (C=O) groups is 2.